The fraction of sp³-hybridized carbons (Fsp3) is 0.261. The van der Waals surface area contributed by atoms with Gasteiger partial charge in [0, 0.05) is 28.8 Å². The number of nitrogens with zero attached hydrogens (tertiary/aromatic N) is 2. The molecule has 0 fully saturated rings. The van der Waals surface area contributed by atoms with Gasteiger partial charge in [0.05, 0.1) is 16.3 Å². The smallest absolute Gasteiger partial charge is 0.268 e. The third kappa shape index (κ3) is 4.82. The third-order valence-corrected chi connectivity index (χ3v) is 7.37. The zero-order valence-electron chi connectivity index (χ0n) is 16.5. The summed E-state index contributed by atoms with van der Waals surface area (Å²) in [6, 6.07) is 17.0. The molecule has 0 radical (unpaired) electrons. The lowest BCUT2D eigenvalue weighted by Gasteiger charge is -2.13. The number of rotatable bonds is 7. The maximum absolute atomic E-state index is 13.2. The van der Waals surface area contributed by atoms with Gasteiger partial charge in [0.25, 0.3) is 5.56 Å². The van der Waals surface area contributed by atoms with E-state index in [2.05, 4.69) is 19.1 Å². The SMILES string of the molecule is CC1Cc2nc(SCC(=O)c3ccc(Cl)cc3)n(CCc3ccccc3)c(=O)c2S1. The fourth-order valence-corrected chi connectivity index (χ4v) is 5.55. The van der Waals surface area contributed by atoms with E-state index in [0.717, 1.165) is 23.4 Å². The van der Waals surface area contributed by atoms with E-state index in [9.17, 15) is 9.59 Å². The van der Waals surface area contributed by atoms with E-state index in [1.54, 1.807) is 40.6 Å². The highest BCUT2D eigenvalue weighted by Crippen LogP contribution is 2.34. The molecule has 1 aliphatic rings. The Labute approximate surface area is 189 Å². The van der Waals surface area contributed by atoms with Crippen LogP contribution in [0.2, 0.25) is 5.02 Å². The van der Waals surface area contributed by atoms with Gasteiger partial charge in [-0.25, -0.2) is 4.98 Å². The van der Waals surface area contributed by atoms with Crippen molar-refractivity contribution >= 4 is 40.9 Å². The van der Waals surface area contributed by atoms with Crippen LogP contribution in [-0.2, 0) is 19.4 Å². The van der Waals surface area contributed by atoms with Gasteiger partial charge in [-0.15, -0.1) is 11.8 Å². The van der Waals surface area contributed by atoms with E-state index in [1.165, 1.54) is 17.3 Å². The number of Topliss-reactive ketones (excluding diaryl/α,β-unsaturated/α-hetero) is 1. The number of halogens is 1. The lowest BCUT2D eigenvalue weighted by atomic mass is 10.1. The second-order valence-electron chi connectivity index (χ2n) is 7.21. The first-order valence-corrected chi connectivity index (χ1v) is 12.0. The van der Waals surface area contributed by atoms with E-state index >= 15 is 0 Å². The van der Waals surface area contributed by atoms with Crippen molar-refractivity contribution in [1.29, 1.82) is 0 Å². The average molecular weight is 457 g/mol. The molecule has 0 amide bonds. The number of aryl methyl sites for hydroxylation is 1. The van der Waals surface area contributed by atoms with Crippen LogP contribution < -0.4 is 5.56 Å². The number of hydrogen-bond donors (Lipinski definition) is 0. The molecule has 2 aromatic carbocycles. The molecule has 2 heterocycles. The summed E-state index contributed by atoms with van der Waals surface area (Å²) in [4.78, 5) is 31.3. The number of carbonyl (C=O) groups excluding carboxylic acids is 1. The van der Waals surface area contributed by atoms with Crippen molar-refractivity contribution in [1.82, 2.24) is 9.55 Å². The van der Waals surface area contributed by atoms with Crippen LogP contribution in [0.15, 0.2) is 69.4 Å². The molecule has 30 heavy (non-hydrogen) atoms. The van der Waals surface area contributed by atoms with Gasteiger partial charge >= 0.3 is 0 Å². The summed E-state index contributed by atoms with van der Waals surface area (Å²) in [7, 11) is 0. The third-order valence-electron chi connectivity index (χ3n) is 4.93. The summed E-state index contributed by atoms with van der Waals surface area (Å²) in [6.45, 7) is 2.65. The summed E-state index contributed by atoms with van der Waals surface area (Å²) in [5.74, 6) is 0.213. The number of hydrogen-bond acceptors (Lipinski definition) is 5. The molecule has 1 aliphatic heterocycles. The van der Waals surface area contributed by atoms with Gasteiger partial charge < -0.3 is 0 Å². The highest BCUT2D eigenvalue weighted by atomic mass is 35.5. The van der Waals surface area contributed by atoms with Crippen LogP contribution in [0.1, 0.15) is 28.5 Å². The highest BCUT2D eigenvalue weighted by Gasteiger charge is 2.26. The monoisotopic (exact) mass is 456 g/mol. The molecule has 0 spiro atoms. The molecular weight excluding hydrogens is 436 g/mol. The van der Waals surface area contributed by atoms with E-state index in [4.69, 9.17) is 16.6 Å². The van der Waals surface area contributed by atoms with Crippen LogP contribution in [0.4, 0.5) is 0 Å². The molecule has 3 aromatic rings. The molecule has 0 aliphatic carbocycles. The summed E-state index contributed by atoms with van der Waals surface area (Å²) in [5.41, 5.74) is 2.64. The number of aromatic nitrogens is 2. The van der Waals surface area contributed by atoms with Crippen molar-refractivity contribution in [3.05, 3.63) is 86.8 Å². The van der Waals surface area contributed by atoms with Gasteiger partial charge in [-0.1, -0.05) is 60.6 Å². The second-order valence-corrected chi connectivity index (χ2v) is 10.0. The van der Waals surface area contributed by atoms with Crippen LogP contribution in [0, 0.1) is 0 Å². The Kier molecular flexibility index (Phi) is 6.66. The molecule has 1 atom stereocenters. The first kappa shape index (κ1) is 21.2. The minimum Gasteiger partial charge on any atom is -0.293 e. The predicted molar refractivity (Wildman–Crippen MR) is 124 cm³/mol. The number of carbonyl (C=O) groups is 1. The van der Waals surface area contributed by atoms with Gasteiger partial charge in [0.15, 0.2) is 10.9 Å². The van der Waals surface area contributed by atoms with Gasteiger partial charge in [0.2, 0.25) is 0 Å². The first-order valence-electron chi connectivity index (χ1n) is 9.77. The molecular formula is C23H21ClN2O2S2. The predicted octanol–water partition coefficient (Wildman–Crippen LogP) is 5.15. The van der Waals surface area contributed by atoms with Gasteiger partial charge in [-0.3, -0.25) is 14.2 Å². The maximum Gasteiger partial charge on any atom is 0.268 e. The first-order chi connectivity index (χ1) is 14.5. The summed E-state index contributed by atoms with van der Waals surface area (Å²) >= 11 is 8.84. The van der Waals surface area contributed by atoms with Crippen LogP contribution in [0.3, 0.4) is 0 Å². The van der Waals surface area contributed by atoms with Crippen molar-refractivity contribution in [3.63, 3.8) is 0 Å². The molecule has 7 heteroatoms. The van der Waals surface area contributed by atoms with Crippen LogP contribution in [-0.4, -0.2) is 26.3 Å². The van der Waals surface area contributed by atoms with Gasteiger partial charge in [-0.05, 0) is 36.2 Å². The number of thioether (sulfide) groups is 2. The zero-order valence-corrected chi connectivity index (χ0v) is 18.9. The van der Waals surface area contributed by atoms with Crippen molar-refractivity contribution in [2.75, 3.05) is 5.75 Å². The molecule has 0 bridgehead atoms. The molecule has 0 saturated heterocycles. The van der Waals surface area contributed by atoms with Crippen LogP contribution >= 0.6 is 35.1 Å². The van der Waals surface area contributed by atoms with Crippen molar-refractivity contribution in [3.8, 4) is 0 Å². The van der Waals surface area contributed by atoms with E-state index < -0.39 is 0 Å². The Morgan fingerprint density at radius 3 is 2.67 bits per heavy atom. The van der Waals surface area contributed by atoms with Crippen molar-refractivity contribution in [2.24, 2.45) is 0 Å². The van der Waals surface area contributed by atoms with Gasteiger partial charge in [-0.2, -0.15) is 0 Å². The minimum absolute atomic E-state index is 0.00623. The quantitative estimate of drug-likeness (QED) is 0.279. The lowest BCUT2D eigenvalue weighted by Crippen LogP contribution is -2.26. The Bertz CT molecular complexity index is 1110. The van der Waals surface area contributed by atoms with Crippen LogP contribution in [0.25, 0.3) is 0 Å². The number of benzene rings is 2. The molecule has 154 valence electrons. The summed E-state index contributed by atoms with van der Waals surface area (Å²) < 4.78 is 1.73. The Morgan fingerprint density at radius 1 is 1.20 bits per heavy atom. The van der Waals surface area contributed by atoms with Crippen molar-refractivity contribution < 1.29 is 4.79 Å². The van der Waals surface area contributed by atoms with Crippen LogP contribution in [0.5, 0.6) is 0 Å². The number of ketones is 1. The second kappa shape index (κ2) is 9.41. The van der Waals surface area contributed by atoms with E-state index in [1.807, 2.05) is 18.2 Å². The zero-order chi connectivity index (χ0) is 21.1. The summed E-state index contributed by atoms with van der Waals surface area (Å²) in [5, 5.41) is 1.56. The molecule has 0 N–H and O–H groups in total. The van der Waals surface area contributed by atoms with Crippen molar-refractivity contribution in [2.45, 2.75) is 41.6 Å². The molecule has 1 aromatic heterocycles. The van der Waals surface area contributed by atoms with E-state index in [0.29, 0.717) is 27.5 Å². The minimum atomic E-state index is -0.0104. The molecule has 4 nitrogen and oxygen atoms in total. The van der Waals surface area contributed by atoms with E-state index in [-0.39, 0.29) is 17.1 Å². The topological polar surface area (TPSA) is 52.0 Å². The number of fused-ring (bicyclic) bond motifs is 1. The molecule has 1 unspecified atom stereocenters. The highest BCUT2D eigenvalue weighted by molar-refractivity contribution is 8.00. The fourth-order valence-electron chi connectivity index (χ4n) is 3.37. The standard InChI is InChI=1S/C23H21ClN2O2S2/c1-15-13-19-21(30-15)22(28)26(12-11-16-5-3-2-4-6-16)23(25-19)29-14-20(27)17-7-9-18(24)10-8-17/h2-10,15H,11-14H2,1H3. The maximum atomic E-state index is 13.2. The Balaban J connectivity index is 1.58. The lowest BCUT2D eigenvalue weighted by molar-refractivity contribution is 0.102. The largest absolute Gasteiger partial charge is 0.293 e. The average Bonchev–Trinajstić information content (AvgIpc) is 3.13. The summed E-state index contributed by atoms with van der Waals surface area (Å²) in [6.07, 6.45) is 1.52. The normalized spacial score (nSPS) is 15.2. The molecule has 4 rings (SSSR count). The Morgan fingerprint density at radius 2 is 1.93 bits per heavy atom. The Hall–Kier alpha value is -2.02. The van der Waals surface area contributed by atoms with Gasteiger partial charge in [0.1, 0.15) is 0 Å². The molecule has 0 saturated carbocycles.